The van der Waals surface area contributed by atoms with Crippen LogP contribution in [0.1, 0.15) is 11.1 Å². The smallest absolute Gasteiger partial charge is 0.191 e. The van der Waals surface area contributed by atoms with Crippen LogP contribution in [0.25, 0.3) is 10.9 Å². The van der Waals surface area contributed by atoms with Crippen LogP contribution >= 0.6 is 35.7 Å². The van der Waals surface area contributed by atoms with E-state index in [1.165, 1.54) is 22.0 Å². The number of hydrogen-bond donors (Lipinski definition) is 3. The number of guanidine groups is 1. The fourth-order valence-corrected chi connectivity index (χ4v) is 2.76. The van der Waals surface area contributed by atoms with Crippen LogP contribution < -0.4 is 10.6 Å². The molecule has 0 saturated carbocycles. The first-order valence-electron chi connectivity index (χ1n) is 7.25. The van der Waals surface area contributed by atoms with E-state index in [1.54, 1.807) is 0 Å². The van der Waals surface area contributed by atoms with E-state index in [9.17, 15) is 0 Å². The number of halogens is 1. The Bertz CT molecular complexity index is 609. The Hall–Kier alpha value is -0.890. The summed E-state index contributed by atoms with van der Waals surface area (Å²) in [7, 11) is 1.81. The highest BCUT2D eigenvalue weighted by atomic mass is 127. The number of H-pyrrole nitrogens is 1. The number of thioether (sulfide) groups is 1. The van der Waals surface area contributed by atoms with Gasteiger partial charge in [0.25, 0.3) is 0 Å². The van der Waals surface area contributed by atoms with Crippen molar-refractivity contribution in [2.75, 3.05) is 32.1 Å². The van der Waals surface area contributed by atoms with E-state index in [0.717, 1.165) is 31.2 Å². The number of benzene rings is 1. The maximum Gasteiger partial charge on any atom is 0.191 e. The zero-order chi connectivity index (χ0) is 15.1. The highest BCUT2D eigenvalue weighted by Crippen LogP contribution is 2.22. The average Bonchev–Trinajstić information content (AvgIpc) is 2.90. The maximum atomic E-state index is 4.24. The number of rotatable bonds is 6. The molecule has 1 aromatic carbocycles. The molecule has 4 nitrogen and oxygen atoms in total. The molecule has 0 aliphatic rings. The summed E-state index contributed by atoms with van der Waals surface area (Å²) in [5, 5.41) is 8.03. The lowest BCUT2D eigenvalue weighted by molar-refractivity contribution is 0.814. The number of nitrogens with one attached hydrogen (secondary N) is 3. The SMILES string of the molecule is CN=C(NCCSC)NCCc1c[nH]c2cccc(C)c12.I. The molecule has 0 radical (unpaired) electrons. The molecule has 0 aliphatic heterocycles. The summed E-state index contributed by atoms with van der Waals surface area (Å²) in [6.07, 6.45) is 5.20. The highest BCUT2D eigenvalue weighted by Gasteiger charge is 2.06. The molecule has 122 valence electrons. The fraction of sp³-hybridized carbons (Fsp3) is 0.438. The Morgan fingerprint density at radius 3 is 2.77 bits per heavy atom. The largest absolute Gasteiger partial charge is 0.361 e. The van der Waals surface area contributed by atoms with Gasteiger partial charge in [0, 0.05) is 43.0 Å². The molecule has 22 heavy (non-hydrogen) atoms. The first kappa shape index (κ1) is 19.2. The Morgan fingerprint density at radius 1 is 1.27 bits per heavy atom. The molecule has 0 bridgehead atoms. The van der Waals surface area contributed by atoms with Gasteiger partial charge in [0.15, 0.2) is 5.96 Å². The van der Waals surface area contributed by atoms with Gasteiger partial charge in [-0.15, -0.1) is 24.0 Å². The number of fused-ring (bicyclic) bond motifs is 1. The molecule has 1 aromatic heterocycles. The van der Waals surface area contributed by atoms with E-state index in [1.807, 2.05) is 18.8 Å². The number of aliphatic imine (C=N–C) groups is 1. The molecule has 1 heterocycles. The van der Waals surface area contributed by atoms with Crippen molar-refractivity contribution in [3.8, 4) is 0 Å². The van der Waals surface area contributed by atoms with Gasteiger partial charge in [-0.3, -0.25) is 4.99 Å². The Morgan fingerprint density at radius 2 is 2.05 bits per heavy atom. The van der Waals surface area contributed by atoms with Crippen molar-refractivity contribution in [1.29, 1.82) is 0 Å². The summed E-state index contributed by atoms with van der Waals surface area (Å²) < 4.78 is 0. The minimum absolute atomic E-state index is 0. The van der Waals surface area contributed by atoms with Gasteiger partial charge >= 0.3 is 0 Å². The van der Waals surface area contributed by atoms with E-state index in [-0.39, 0.29) is 24.0 Å². The third-order valence-corrected chi connectivity index (χ3v) is 4.12. The normalized spacial score (nSPS) is 11.3. The zero-order valence-electron chi connectivity index (χ0n) is 13.4. The number of aromatic amines is 1. The quantitative estimate of drug-likeness (QED) is 0.285. The highest BCUT2D eigenvalue weighted by molar-refractivity contribution is 14.0. The summed E-state index contributed by atoms with van der Waals surface area (Å²) in [4.78, 5) is 7.58. The van der Waals surface area contributed by atoms with Gasteiger partial charge in [-0.25, -0.2) is 0 Å². The predicted molar refractivity (Wildman–Crippen MR) is 110 cm³/mol. The second-order valence-electron chi connectivity index (χ2n) is 4.98. The summed E-state index contributed by atoms with van der Waals surface area (Å²) in [6.45, 7) is 3.98. The van der Waals surface area contributed by atoms with Crippen LogP contribution in [0.2, 0.25) is 0 Å². The zero-order valence-corrected chi connectivity index (χ0v) is 16.5. The Kier molecular flexibility index (Phi) is 8.70. The lowest BCUT2D eigenvalue weighted by Crippen LogP contribution is -2.39. The molecule has 6 heteroatoms. The monoisotopic (exact) mass is 432 g/mol. The minimum Gasteiger partial charge on any atom is -0.361 e. The second kappa shape index (κ2) is 9.99. The van der Waals surface area contributed by atoms with Crippen molar-refractivity contribution in [2.24, 2.45) is 4.99 Å². The summed E-state index contributed by atoms with van der Waals surface area (Å²) >= 11 is 1.83. The molecule has 0 aliphatic carbocycles. The minimum atomic E-state index is 0. The molecule has 0 saturated heterocycles. The Balaban J connectivity index is 0.00000242. The molecule has 2 aromatic rings. The van der Waals surface area contributed by atoms with Crippen molar-refractivity contribution in [2.45, 2.75) is 13.3 Å². The van der Waals surface area contributed by atoms with E-state index in [2.05, 4.69) is 58.2 Å². The van der Waals surface area contributed by atoms with Crippen LogP contribution in [0.4, 0.5) is 0 Å². The van der Waals surface area contributed by atoms with Crippen LogP contribution in [0.15, 0.2) is 29.4 Å². The van der Waals surface area contributed by atoms with Crippen molar-refractivity contribution in [3.63, 3.8) is 0 Å². The molecule has 2 rings (SSSR count). The molecular formula is C16H25IN4S. The van der Waals surface area contributed by atoms with Crippen molar-refractivity contribution >= 4 is 52.6 Å². The van der Waals surface area contributed by atoms with Crippen molar-refractivity contribution in [1.82, 2.24) is 15.6 Å². The van der Waals surface area contributed by atoms with Crippen LogP contribution in [0, 0.1) is 6.92 Å². The van der Waals surface area contributed by atoms with Gasteiger partial charge < -0.3 is 15.6 Å². The van der Waals surface area contributed by atoms with Gasteiger partial charge in [-0.05, 0) is 36.8 Å². The summed E-state index contributed by atoms with van der Waals surface area (Å²) in [5.41, 5.74) is 3.90. The molecule has 0 atom stereocenters. The summed E-state index contributed by atoms with van der Waals surface area (Å²) in [5.74, 6) is 1.96. The number of aryl methyl sites for hydroxylation is 1. The second-order valence-corrected chi connectivity index (χ2v) is 5.97. The van der Waals surface area contributed by atoms with Crippen molar-refractivity contribution in [3.05, 3.63) is 35.5 Å². The third kappa shape index (κ3) is 5.08. The van der Waals surface area contributed by atoms with Crippen LogP contribution in [0.3, 0.4) is 0 Å². The first-order valence-corrected chi connectivity index (χ1v) is 8.64. The number of hydrogen-bond acceptors (Lipinski definition) is 2. The van der Waals surface area contributed by atoms with Gasteiger partial charge in [0.1, 0.15) is 0 Å². The Labute approximate surface area is 154 Å². The van der Waals surface area contributed by atoms with Gasteiger partial charge in [0.2, 0.25) is 0 Å². The average molecular weight is 432 g/mol. The maximum absolute atomic E-state index is 4.24. The topological polar surface area (TPSA) is 52.2 Å². The third-order valence-electron chi connectivity index (χ3n) is 3.50. The molecule has 0 amide bonds. The van der Waals surface area contributed by atoms with E-state index in [4.69, 9.17) is 0 Å². The first-order chi connectivity index (χ1) is 10.3. The van der Waals surface area contributed by atoms with Crippen LogP contribution in [-0.2, 0) is 6.42 Å². The van der Waals surface area contributed by atoms with E-state index >= 15 is 0 Å². The predicted octanol–water partition coefficient (Wildman–Crippen LogP) is 3.16. The lowest BCUT2D eigenvalue weighted by Gasteiger charge is -2.11. The van der Waals surface area contributed by atoms with E-state index in [0.29, 0.717) is 0 Å². The van der Waals surface area contributed by atoms with E-state index < -0.39 is 0 Å². The fourth-order valence-electron chi connectivity index (χ4n) is 2.46. The van der Waals surface area contributed by atoms with Crippen LogP contribution in [0.5, 0.6) is 0 Å². The molecular weight excluding hydrogens is 407 g/mol. The number of aromatic nitrogens is 1. The molecule has 0 unspecified atom stereocenters. The molecule has 0 fully saturated rings. The molecule has 3 N–H and O–H groups in total. The number of nitrogens with zero attached hydrogens (tertiary/aromatic N) is 1. The summed E-state index contributed by atoms with van der Waals surface area (Å²) in [6, 6.07) is 6.38. The lowest BCUT2D eigenvalue weighted by atomic mass is 10.1. The van der Waals surface area contributed by atoms with Crippen molar-refractivity contribution < 1.29 is 0 Å². The van der Waals surface area contributed by atoms with Gasteiger partial charge in [-0.2, -0.15) is 11.8 Å². The van der Waals surface area contributed by atoms with Crippen LogP contribution in [-0.4, -0.2) is 43.1 Å². The van der Waals surface area contributed by atoms with Gasteiger partial charge in [-0.1, -0.05) is 12.1 Å². The van der Waals surface area contributed by atoms with Gasteiger partial charge in [0.05, 0.1) is 0 Å². The standard InChI is InChI=1S/C16H24N4S.HI/c1-12-5-4-6-14-15(12)13(11-20-14)7-8-18-16(17-2)19-9-10-21-3;/h4-6,11,20H,7-10H2,1-3H3,(H2,17,18,19);1H. The molecule has 0 spiro atoms.